The number of carbonyl (C=O) groups is 1. The maximum Gasteiger partial charge on any atom is 0.337 e. The van der Waals surface area contributed by atoms with Gasteiger partial charge in [-0.15, -0.1) is 0 Å². The topological polar surface area (TPSA) is 63.2 Å². The van der Waals surface area contributed by atoms with Crippen molar-refractivity contribution in [3.8, 4) is 23.0 Å². The van der Waals surface area contributed by atoms with Crippen LogP contribution in [0.3, 0.4) is 0 Å². The van der Waals surface area contributed by atoms with Crippen molar-refractivity contribution in [1.82, 2.24) is 0 Å². The van der Waals surface area contributed by atoms with E-state index in [0.717, 1.165) is 5.56 Å². The van der Waals surface area contributed by atoms with Crippen LogP contribution < -0.4 is 18.9 Å². The molecule has 2 aromatic rings. The zero-order valence-electron chi connectivity index (χ0n) is 14.1. The van der Waals surface area contributed by atoms with Crippen LogP contribution in [0.5, 0.6) is 23.0 Å². The summed E-state index contributed by atoms with van der Waals surface area (Å²) in [6, 6.07) is 10.3. The van der Waals surface area contributed by atoms with Crippen LogP contribution in [-0.2, 0) is 11.3 Å². The van der Waals surface area contributed by atoms with Crippen LogP contribution in [0.4, 0.5) is 0 Å². The first-order chi connectivity index (χ1) is 11.6. The third-order valence-corrected chi connectivity index (χ3v) is 3.46. The quantitative estimate of drug-likeness (QED) is 0.726. The molecule has 0 spiro atoms. The van der Waals surface area contributed by atoms with Gasteiger partial charge in [0.05, 0.1) is 34.0 Å². The van der Waals surface area contributed by atoms with Crippen molar-refractivity contribution in [3.63, 3.8) is 0 Å². The summed E-state index contributed by atoms with van der Waals surface area (Å²) < 4.78 is 26.4. The van der Waals surface area contributed by atoms with E-state index < -0.39 is 0 Å². The fourth-order valence-electron chi connectivity index (χ4n) is 2.24. The largest absolute Gasteiger partial charge is 0.493 e. The number of methoxy groups -OCH3 is 4. The number of benzene rings is 2. The average Bonchev–Trinajstić information content (AvgIpc) is 2.64. The lowest BCUT2D eigenvalue weighted by molar-refractivity contribution is 0.0600. The molecule has 0 heterocycles. The number of carbonyl (C=O) groups excluding carboxylic acids is 1. The maximum absolute atomic E-state index is 11.4. The van der Waals surface area contributed by atoms with Crippen molar-refractivity contribution in [2.24, 2.45) is 0 Å². The van der Waals surface area contributed by atoms with Crippen molar-refractivity contribution in [3.05, 3.63) is 47.5 Å². The lowest BCUT2D eigenvalue weighted by Gasteiger charge is -2.16. The minimum absolute atomic E-state index is 0.279. The van der Waals surface area contributed by atoms with Crippen molar-refractivity contribution >= 4 is 5.97 Å². The van der Waals surface area contributed by atoms with E-state index in [9.17, 15) is 4.79 Å². The van der Waals surface area contributed by atoms with Gasteiger partial charge >= 0.3 is 5.97 Å². The van der Waals surface area contributed by atoms with Gasteiger partial charge in [0.2, 0.25) is 5.75 Å². The van der Waals surface area contributed by atoms with Crippen LogP contribution in [0.25, 0.3) is 0 Å². The van der Waals surface area contributed by atoms with Gasteiger partial charge in [-0.25, -0.2) is 4.79 Å². The van der Waals surface area contributed by atoms with Gasteiger partial charge in [-0.1, -0.05) is 0 Å². The van der Waals surface area contributed by atoms with Gasteiger partial charge in [-0.2, -0.15) is 0 Å². The van der Waals surface area contributed by atoms with E-state index in [4.69, 9.17) is 18.9 Å². The highest BCUT2D eigenvalue weighted by molar-refractivity contribution is 5.89. The first-order valence-electron chi connectivity index (χ1n) is 7.23. The molecule has 0 unspecified atom stereocenters. The second-order valence-corrected chi connectivity index (χ2v) is 4.80. The van der Waals surface area contributed by atoms with Crippen LogP contribution in [0.1, 0.15) is 15.9 Å². The molecule has 0 aromatic heterocycles. The summed E-state index contributed by atoms with van der Waals surface area (Å²) in [6.07, 6.45) is 0. The predicted octanol–water partition coefficient (Wildman–Crippen LogP) is 3.08. The van der Waals surface area contributed by atoms with Crippen molar-refractivity contribution in [2.45, 2.75) is 6.61 Å². The molecule has 0 aliphatic rings. The van der Waals surface area contributed by atoms with Crippen LogP contribution >= 0.6 is 0 Å². The van der Waals surface area contributed by atoms with Crippen LogP contribution in [0, 0.1) is 0 Å². The zero-order valence-corrected chi connectivity index (χ0v) is 14.1. The Morgan fingerprint density at radius 2 is 1.50 bits per heavy atom. The number of hydrogen-bond acceptors (Lipinski definition) is 6. The number of esters is 1. The molecular weight excluding hydrogens is 312 g/mol. The molecule has 0 aliphatic heterocycles. The monoisotopic (exact) mass is 332 g/mol. The number of ether oxygens (including phenoxy) is 5. The highest BCUT2D eigenvalue weighted by Gasteiger charge is 2.16. The molecule has 0 aliphatic carbocycles. The van der Waals surface area contributed by atoms with Crippen LogP contribution in [0.2, 0.25) is 0 Å². The third-order valence-electron chi connectivity index (χ3n) is 3.46. The second kappa shape index (κ2) is 8.10. The van der Waals surface area contributed by atoms with E-state index in [1.165, 1.54) is 7.11 Å². The van der Waals surface area contributed by atoms with Gasteiger partial charge in [-0.3, -0.25) is 0 Å². The Morgan fingerprint density at radius 1 is 0.833 bits per heavy atom. The normalized spacial score (nSPS) is 10.0. The average molecular weight is 332 g/mol. The molecule has 0 N–H and O–H groups in total. The lowest BCUT2D eigenvalue weighted by Crippen LogP contribution is -2.03. The molecule has 128 valence electrons. The molecule has 0 bridgehead atoms. The Labute approximate surface area is 140 Å². The van der Waals surface area contributed by atoms with Gasteiger partial charge in [0.25, 0.3) is 0 Å². The minimum Gasteiger partial charge on any atom is -0.493 e. The fraction of sp³-hybridized carbons (Fsp3) is 0.278. The molecule has 0 radical (unpaired) electrons. The number of hydrogen-bond donors (Lipinski definition) is 0. The third kappa shape index (κ3) is 3.71. The summed E-state index contributed by atoms with van der Waals surface area (Å²) in [5.41, 5.74) is 1.28. The Hall–Kier alpha value is -2.89. The second-order valence-electron chi connectivity index (χ2n) is 4.80. The first kappa shape index (κ1) is 17.5. The SMILES string of the molecule is COC(=O)c1ccc(OCc2ccc(OC)c(OC)c2OC)cc1. The molecule has 0 fully saturated rings. The Morgan fingerprint density at radius 3 is 2.04 bits per heavy atom. The van der Waals surface area contributed by atoms with Gasteiger partial charge in [0, 0.05) is 5.56 Å². The first-order valence-corrected chi connectivity index (χ1v) is 7.23. The van der Waals surface area contributed by atoms with Crippen LogP contribution in [-0.4, -0.2) is 34.4 Å². The highest BCUT2D eigenvalue weighted by Crippen LogP contribution is 2.40. The van der Waals surface area contributed by atoms with Crippen molar-refractivity contribution in [1.29, 1.82) is 0 Å². The van der Waals surface area contributed by atoms with E-state index in [1.807, 2.05) is 6.07 Å². The molecule has 6 heteroatoms. The standard InChI is InChI=1S/C18H20O6/c1-20-15-10-7-13(16(21-2)17(15)22-3)11-24-14-8-5-12(6-9-14)18(19)23-4/h5-10H,11H2,1-4H3. The summed E-state index contributed by atoms with van der Waals surface area (Å²) in [6.45, 7) is 0.279. The molecule has 0 amide bonds. The van der Waals surface area contributed by atoms with E-state index in [1.54, 1.807) is 51.7 Å². The molecule has 2 rings (SSSR count). The molecule has 0 saturated carbocycles. The molecule has 24 heavy (non-hydrogen) atoms. The van der Waals surface area contributed by atoms with Gasteiger partial charge in [0.15, 0.2) is 11.5 Å². The van der Waals surface area contributed by atoms with E-state index in [0.29, 0.717) is 28.6 Å². The van der Waals surface area contributed by atoms with Gasteiger partial charge < -0.3 is 23.7 Å². The van der Waals surface area contributed by atoms with Gasteiger partial charge in [-0.05, 0) is 36.4 Å². The highest BCUT2D eigenvalue weighted by atomic mass is 16.5. The Balaban J connectivity index is 2.15. The fourth-order valence-corrected chi connectivity index (χ4v) is 2.24. The molecule has 0 saturated heterocycles. The van der Waals surface area contributed by atoms with Crippen LogP contribution in [0.15, 0.2) is 36.4 Å². The summed E-state index contributed by atoms with van der Waals surface area (Å²) in [5, 5.41) is 0. The molecule has 2 aromatic carbocycles. The maximum atomic E-state index is 11.4. The lowest BCUT2D eigenvalue weighted by atomic mass is 10.1. The van der Waals surface area contributed by atoms with Crippen molar-refractivity contribution < 1.29 is 28.5 Å². The number of rotatable bonds is 7. The van der Waals surface area contributed by atoms with E-state index in [2.05, 4.69) is 4.74 Å². The van der Waals surface area contributed by atoms with E-state index in [-0.39, 0.29) is 12.6 Å². The summed E-state index contributed by atoms with van der Waals surface area (Å²) in [5.74, 6) is 1.90. The summed E-state index contributed by atoms with van der Waals surface area (Å²) in [7, 11) is 6.02. The summed E-state index contributed by atoms with van der Waals surface area (Å²) in [4.78, 5) is 11.4. The molecule has 0 atom stereocenters. The smallest absolute Gasteiger partial charge is 0.337 e. The van der Waals surface area contributed by atoms with Gasteiger partial charge in [0.1, 0.15) is 12.4 Å². The predicted molar refractivity (Wildman–Crippen MR) is 88.2 cm³/mol. The molecule has 6 nitrogen and oxygen atoms in total. The zero-order chi connectivity index (χ0) is 17.5. The van der Waals surface area contributed by atoms with E-state index >= 15 is 0 Å². The Kier molecular flexibility index (Phi) is 5.89. The summed E-state index contributed by atoms with van der Waals surface area (Å²) >= 11 is 0. The molecular formula is C18H20O6. The van der Waals surface area contributed by atoms with Crippen molar-refractivity contribution in [2.75, 3.05) is 28.4 Å². The minimum atomic E-state index is -0.386. The Bertz CT molecular complexity index is 693.